The maximum absolute atomic E-state index is 3.67. The van der Waals surface area contributed by atoms with Crippen molar-refractivity contribution in [2.24, 2.45) is 0 Å². The van der Waals surface area contributed by atoms with Crippen LogP contribution in [0.2, 0.25) is 0 Å². The van der Waals surface area contributed by atoms with Crippen molar-refractivity contribution in [3.8, 4) is 0 Å². The SMILES string of the molecule is CCNC(CN(CC)C(C)C)c1cccc2ccccc12. The highest BCUT2D eigenvalue weighted by molar-refractivity contribution is 5.86. The molecule has 2 heteroatoms. The van der Waals surface area contributed by atoms with E-state index in [-0.39, 0.29) is 0 Å². The van der Waals surface area contributed by atoms with Crippen LogP contribution in [0.1, 0.15) is 39.3 Å². The Hall–Kier alpha value is -1.38. The van der Waals surface area contributed by atoms with Crippen molar-refractivity contribution in [3.05, 3.63) is 48.0 Å². The summed E-state index contributed by atoms with van der Waals surface area (Å²) in [5, 5.41) is 6.36. The summed E-state index contributed by atoms with van der Waals surface area (Å²) < 4.78 is 0. The summed E-state index contributed by atoms with van der Waals surface area (Å²) in [7, 11) is 0. The molecule has 0 aromatic heterocycles. The number of rotatable bonds is 7. The van der Waals surface area contributed by atoms with Crippen LogP contribution < -0.4 is 5.32 Å². The van der Waals surface area contributed by atoms with Gasteiger partial charge in [-0.3, -0.25) is 4.90 Å². The molecule has 1 N–H and O–H groups in total. The van der Waals surface area contributed by atoms with E-state index >= 15 is 0 Å². The zero-order valence-electron chi connectivity index (χ0n) is 13.8. The fourth-order valence-electron chi connectivity index (χ4n) is 3.01. The first-order chi connectivity index (χ1) is 10.2. The summed E-state index contributed by atoms with van der Waals surface area (Å²) in [4.78, 5) is 2.52. The zero-order chi connectivity index (χ0) is 15.2. The van der Waals surface area contributed by atoms with Gasteiger partial charge in [-0.05, 0) is 43.3 Å². The lowest BCUT2D eigenvalue weighted by molar-refractivity contribution is 0.208. The van der Waals surface area contributed by atoms with Gasteiger partial charge in [0.2, 0.25) is 0 Å². The Balaban J connectivity index is 2.36. The lowest BCUT2D eigenvalue weighted by Crippen LogP contribution is -2.39. The molecule has 0 aliphatic heterocycles. The minimum Gasteiger partial charge on any atom is -0.309 e. The predicted octanol–water partition coefficient (Wildman–Crippen LogP) is 4.22. The molecule has 0 aliphatic carbocycles. The summed E-state index contributed by atoms with van der Waals surface area (Å²) in [6.07, 6.45) is 0. The molecule has 0 amide bonds. The molecule has 0 fully saturated rings. The number of nitrogens with zero attached hydrogens (tertiary/aromatic N) is 1. The molecule has 0 spiro atoms. The van der Waals surface area contributed by atoms with Gasteiger partial charge in [-0.2, -0.15) is 0 Å². The highest BCUT2D eigenvalue weighted by atomic mass is 15.2. The van der Waals surface area contributed by atoms with E-state index in [0.717, 1.165) is 19.6 Å². The first-order valence-corrected chi connectivity index (χ1v) is 8.12. The van der Waals surface area contributed by atoms with E-state index in [4.69, 9.17) is 0 Å². The zero-order valence-corrected chi connectivity index (χ0v) is 13.8. The van der Waals surface area contributed by atoms with Gasteiger partial charge in [-0.25, -0.2) is 0 Å². The van der Waals surface area contributed by atoms with Crippen molar-refractivity contribution in [1.29, 1.82) is 0 Å². The van der Waals surface area contributed by atoms with Crippen molar-refractivity contribution in [2.75, 3.05) is 19.6 Å². The standard InChI is InChI=1S/C19H28N2/c1-5-20-19(14-21(6-2)15(3)4)18-13-9-11-16-10-7-8-12-17(16)18/h7-13,15,19-20H,5-6,14H2,1-4H3. The summed E-state index contributed by atoms with van der Waals surface area (Å²) in [5.74, 6) is 0. The second-order valence-electron chi connectivity index (χ2n) is 5.86. The molecule has 2 aromatic carbocycles. The third-order valence-corrected chi connectivity index (χ3v) is 4.20. The monoisotopic (exact) mass is 284 g/mol. The van der Waals surface area contributed by atoms with E-state index < -0.39 is 0 Å². The van der Waals surface area contributed by atoms with Gasteiger partial charge in [0, 0.05) is 18.6 Å². The Labute approximate surface area is 129 Å². The number of fused-ring (bicyclic) bond motifs is 1. The van der Waals surface area contributed by atoms with Gasteiger partial charge in [0.25, 0.3) is 0 Å². The molecule has 0 saturated heterocycles. The molecule has 114 valence electrons. The first-order valence-electron chi connectivity index (χ1n) is 8.12. The predicted molar refractivity (Wildman–Crippen MR) is 92.7 cm³/mol. The average Bonchev–Trinajstić information content (AvgIpc) is 2.50. The molecule has 2 rings (SSSR count). The Bertz CT molecular complexity index is 557. The van der Waals surface area contributed by atoms with E-state index in [1.54, 1.807) is 0 Å². The lowest BCUT2D eigenvalue weighted by Gasteiger charge is -2.31. The van der Waals surface area contributed by atoms with Crippen LogP contribution in [-0.2, 0) is 0 Å². The van der Waals surface area contributed by atoms with Crippen LogP contribution >= 0.6 is 0 Å². The smallest absolute Gasteiger partial charge is 0.0455 e. The number of benzene rings is 2. The van der Waals surface area contributed by atoms with Gasteiger partial charge in [0.15, 0.2) is 0 Å². The Morgan fingerprint density at radius 1 is 1.00 bits per heavy atom. The molecule has 2 aromatic rings. The molecule has 0 bridgehead atoms. The van der Waals surface area contributed by atoms with Gasteiger partial charge in [-0.1, -0.05) is 56.3 Å². The second-order valence-corrected chi connectivity index (χ2v) is 5.86. The summed E-state index contributed by atoms with van der Waals surface area (Å²) >= 11 is 0. The maximum Gasteiger partial charge on any atom is 0.0455 e. The number of hydrogen-bond acceptors (Lipinski definition) is 2. The number of hydrogen-bond donors (Lipinski definition) is 1. The molecule has 0 aliphatic rings. The van der Waals surface area contributed by atoms with Crippen molar-refractivity contribution in [3.63, 3.8) is 0 Å². The van der Waals surface area contributed by atoms with Crippen molar-refractivity contribution in [2.45, 2.75) is 39.8 Å². The average molecular weight is 284 g/mol. The maximum atomic E-state index is 3.67. The largest absolute Gasteiger partial charge is 0.309 e. The van der Waals surface area contributed by atoms with Crippen LogP contribution in [0, 0.1) is 0 Å². The van der Waals surface area contributed by atoms with Crippen molar-refractivity contribution in [1.82, 2.24) is 10.2 Å². The quantitative estimate of drug-likeness (QED) is 0.819. The Kier molecular flexibility index (Phi) is 5.77. The molecule has 21 heavy (non-hydrogen) atoms. The minimum absolute atomic E-state index is 0.378. The first kappa shape index (κ1) is 16.0. The topological polar surface area (TPSA) is 15.3 Å². The van der Waals surface area contributed by atoms with E-state index in [9.17, 15) is 0 Å². The molecule has 0 radical (unpaired) electrons. The number of nitrogens with one attached hydrogen (secondary N) is 1. The van der Waals surface area contributed by atoms with Gasteiger partial charge in [-0.15, -0.1) is 0 Å². The van der Waals surface area contributed by atoms with E-state index in [1.807, 2.05) is 0 Å². The van der Waals surface area contributed by atoms with Gasteiger partial charge in [0.05, 0.1) is 0 Å². The van der Waals surface area contributed by atoms with Crippen LogP contribution in [0.4, 0.5) is 0 Å². The van der Waals surface area contributed by atoms with Crippen LogP contribution in [0.5, 0.6) is 0 Å². The van der Waals surface area contributed by atoms with Gasteiger partial charge < -0.3 is 5.32 Å². The van der Waals surface area contributed by atoms with E-state index in [0.29, 0.717) is 12.1 Å². The van der Waals surface area contributed by atoms with Gasteiger partial charge >= 0.3 is 0 Å². The van der Waals surface area contributed by atoms with Crippen molar-refractivity contribution < 1.29 is 0 Å². The van der Waals surface area contributed by atoms with Crippen molar-refractivity contribution >= 4 is 10.8 Å². The third-order valence-electron chi connectivity index (χ3n) is 4.20. The highest BCUT2D eigenvalue weighted by Gasteiger charge is 2.18. The fraction of sp³-hybridized carbons (Fsp3) is 0.474. The second kappa shape index (κ2) is 7.58. The Morgan fingerprint density at radius 3 is 2.38 bits per heavy atom. The molecular formula is C19H28N2. The van der Waals surface area contributed by atoms with Crippen LogP contribution in [0.15, 0.2) is 42.5 Å². The molecular weight excluding hydrogens is 256 g/mol. The molecule has 2 nitrogen and oxygen atoms in total. The lowest BCUT2D eigenvalue weighted by atomic mass is 9.98. The van der Waals surface area contributed by atoms with E-state index in [2.05, 4.69) is 80.4 Å². The normalized spacial score (nSPS) is 13.2. The third kappa shape index (κ3) is 3.84. The van der Waals surface area contributed by atoms with Gasteiger partial charge in [0.1, 0.15) is 0 Å². The van der Waals surface area contributed by atoms with E-state index in [1.165, 1.54) is 16.3 Å². The molecule has 1 atom stereocenters. The summed E-state index contributed by atoms with van der Waals surface area (Å²) in [5.41, 5.74) is 1.41. The molecule has 0 saturated carbocycles. The Morgan fingerprint density at radius 2 is 1.71 bits per heavy atom. The highest BCUT2D eigenvalue weighted by Crippen LogP contribution is 2.25. The van der Waals surface area contributed by atoms with Crippen LogP contribution in [0.25, 0.3) is 10.8 Å². The summed E-state index contributed by atoms with van der Waals surface area (Å²) in [6.45, 7) is 12.1. The van der Waals surface area contributed by atoms with Crippen LogP contribution in [0.3, 0.4) is 0 Å². The minimum atomic E-state index is 0.378. The molecule has 1 unspecified atom stereocenters. The summed E-state index contributed by atoms with van der Waals surface area (Å²) in [6, 6.07) is 16.3. The molecule has 0 heterocycles. The fourth-order valence-corrected chi connectivity index (χ4v) is 3.01. The number of likely N-dealkylation sites (N-methyl/N-ethyl adjacent to an activating group) is 2. The van der Waals surface area contributed by atoms with Crippen LogP contribution in [-0.4, -0.2) is 30.6 Å².